The average molecular weight is 438 g/mol. The number of carbonyl (C=O) groups is 1. The number of ether oxygens (including phenoxy) is 4. The first kappa shape index (κ1) is 23.3. The van der Waals surface area contributed by atoms with Crippen LogP contribution in [-0.4, -0.2) is 121 Å². The molecular weight excluding hydrogens is 412 g/mol. The second-order valence-corrected chi connectivity index (χ2v) is 7.78. The Hall–Kier alpha value is -1.39. The Morgan fingerprint density at radius 2 is 1.70 bits per heavy atom. The van der Waals surface area contributed by atoms with Crippen LogP contribution in [0.15, 0.2) is 11.8 Å². The quantitative estimate of drug-likeness (QED) is 0.193. The number of hydrogen-bond donors (Lipinski definition) is 8. The zero-order valence-corrected chi connectivity index (χ0v) is 16.1. The van der Waals surface area contributed by atoms with E-state index in [9.17, 15) is 45.6 Å². The van der Waals surface area contributed by atoms with Gasteiger partial charge in [-0.15, -0.1) is 0 Å². The number of hydrogen-bond acceptors (Lipinski definition) is 13. The first-order valence-corrected chi connectivity index (χ1v) is 9.14. The largest absolute Gasteiger partial charge is 0.471 e. The van der Waals surface area contributed by atoms with E-state index in [0.717, 1.165) is 14.0 Å². The van der Waals surface area contributed by atoms with Gasteiger partial charge in [0.05, 0.1) is 19.6 Å². The van der Waals surface area contributed by atoms with Crippen molar-refractivity contribution in [2.75, 3.05) is 13.7 Å². The van der Waals surface area contributed by atoms with Crippen molar-refractivity contribution in [3.8, 4) is 0 Å². The molecule has 0 radical (unpaired) electrons. The van der Waals surface area contributed by atoms with Crippen LogP contribution in [0.25, 0.3) is 0 Å². The molecule has 0 amide bonds. The Bertz CT molecular complexity index is 693. The molecule has 1 saturated carbocycles. The van der Waals surface area contributed by atoms with Crippen LogP contribution in [-0.2, 0) is 23.7 Å². The van der Waals surface area contributed by atoms with Gasteiger partial charge in [0, 0.05) is 0 Å². The standard InChI is InChI=1S/C17H26O13/c1-16(25)10-15(30-14-9(21)8(20)7(19)6(3-18)29-14)28-4-5(13(24)27-2)17(10,26)12(23)11(16)22/h4,6-12,14-15,18-23,25-26H,3H2,1-2H3/t6-,7-,8+,9-,10-,11+,12-,14+,15-,16+,17+/m1/s1. The molecule has 13 nitrogen and oxygen atoms in total. The van der Waals surface area contributed by atoms with Crippen molar-refractivity contribution in [2.45, 2.75) is 67.3 Å². The van der Waals surface area contributed by atoms with Crippen molar-refractivity contribution < 1.29 is 64.6 Å². The van der Waals surface area contributed by atoms with Crippen LogP contribution in [0.1, 0.15) is 6.92 Å². The van der Waals surface area contributed by atoms with Crippen molar-refractivity contribution in [1.29, 1.82) is 0 Å². The fraction of sp³-hybridized carbons (Fsp3) is 0.824. The zero-order valence-electron chi connectivity index (χ0n) is 16.1. The lowest BCUT2D eigenvalue weighted by molar-refractivity contribution is -0.352. The van der Waals surface area contributed by atoms with Crippen molar-refractivity contribution in [2.24, 2.45) is 5.92 Å². The lowest BCUT2D eigenvalue weighted by atomic mass is 9.76. The van der Waals surface area contributed by atoms with Crippen molar-refractivity contribution in [1.82, 2.24) is 0 Å². The second-order valence-electron chi connectivity index (χ2n) is 7.78. The van der Waals surface area contributed by atoms with E-state index in [1.54, 1.807) is 0 Å². The molecular formula is C17H26O13. The Balaban J connectivity index is 1.96. The lowest BCUT2D eigenvalue weighted by Gasteiger charge is -2.46. The van der Waals surface area contributed by atoms with Crippen LogP contribution in [0.3, 0.4) is 0 Å². The van der Waals surface area contributed by atoms with Gasteiger partial charge < -0.3 is 59.8 Å². The number of esters is 1. The van der Waals surface area contributed by atoms with Crippen molar-refractivity contribution >= 4 is 5.97 Å². The van der Waals surface area contributed by atoms with Gasteiger partial charge in [-0.3, -0.25) is 0 Å². The summed E-state index contributed by atoms with van der Waals surface area (Å²) < 4.78 is 20.5. The SMILES string of the molecule is COC(=O)C1=CO[C@H](O[C@@H]2O[C@H](CO)[C@@H](O)[C@H](O)[C@H]2O)[C@@H]2[C@](C)(O)[C@@H](O)[C@@H](O)[C@]12O. The highest BCUT2D eigenvalue weighted by Gasteiger charge is 2.72. The van der Waals surface area contributed by atoms with Crippen LogP contribution >= 0.6 is 0 Å². The summed E-state index contributed by atoms with van der Waals surface area (Å²) in [4.78, 5) is 12.1. The summed E-state index contributed by atoms with van der Waals surface area (Å²) in [6.07, 6.45) is -13.3. The molecule has 0 aromatic rings. The molecule has 13 heteroatoms. The summed E-state index contributed by atoms with van der Waals surface area (Å²) in [5.74, 6) is -2.79. The second kappa shape index (κ2) is 7.94. The summed E-state index contributed by atoms with van der Waals surface area (Å²) >= 11 is 0. The van der Waals surface area contributed by atoms with Gasteiger partial charge in [-0.1, -0.05) is 0 Å². The predicted molar refractivity (Wildman–Crippen MR) is 90.9 cm³/mol. The van der Waals surface area contributed by atoms with Crippen LogP contribution < -0.4 is 0 Å². The van der Waals surface area contributed by atoms with E-state index in [-0.39, 0.29) is 0 Å². The molecule has 0 spiro atoms. The van der Waals surface area contributed by atoms with E-state index in [4.69, 9.17) is 14.2 Å². The van der Waals surface area contributed by atoms with Crippen molar-refractivity contribution in [3.63, 3.8) is 0 Å². The third-order valence-corrected chi connectivity index (χ3v) is 6.00. The highest BCUT2D eigenvalue weighted by molar-refractivity contribution is 5.91. The molecule has 3 aliphatic rings. The molecule has 0 unspecified atom stereocenters. The van der Waals surface area contributed by atoms with E-state index >= 15 is 0 Å². The highest BCUT2D eigenvalue weighted by Crippen LogP contribution is 2.52. The van der Waals surface area contributed by atoms with Gasteiger partial charge >= 0.3 is 5.97 Å². The molecule has 1 saturated heterocycles. The number of fused-ring (bicyclic) bond motifs is 1. The number of methoxy groups -OCH3 is 1. The Kier molecular flexibility index (Phi) is 6.16. The Morgan fingerprint density at radius 1 is 1.07 bits per heavy atom. The maximum Gasteiger partial charge on any atom is 0.339 e. The van der Waals surface area contributed by atoms with E-state index in [1.165, 1.54) is 0 Å². The molecule has 2 fully saturated rings. The van der Waals surface area contributed by atoms with Gasteiger partial charge in [0.15, 0.2) is 6.29 Å². The minimum atomic E-state index is -2.58. The summed E-state index contributed by atoms with van der Waals surface area (Å²) in [6, 6.07) is 0. The number of carbonyl (C=O) groups excluding carboxylic acids is 1. The van der Waals surface area contributed by atoms with Crippen LogP contribution in [0, 0.1) is 5.92 Å². The number of rotatable bonds is 4. The normalized spacial score (nSPS) is 51.0. The van der Waals surface area contributed by atoms with Gasteiger partial charge in [0.1, 0.15) is 59.7 Å². The minimum absolute atomic E-state index is 0.590. The molecule has 172 valence electrons. The van der Waals surface area contributed by atoms with Gasteiger partial charge in [-0.2, -0.15) is 0 Å². The van der Waals surface area contributed by atoms with Crippen LogP contribution in [0.4, 0.5) is 0 Å². The molecule has 0 bridgehead atoms. The van der Waals surface area contributed by atoms with E-state index in [2.05, 4.69) is 4.74 Å². The zero-order chi connectivity index (χ0) is 22.6. The smallest absolute Gasteiger partial charge is 0.339 e. The summed E-state index contributed by atoms with van der Waals surface area (Å²) in [5, 5.41) is 81.9. The predicted octanol–water partition coefficient (Wildman–Crippen LogP) is -4.95. The topological polar surface area (TPSA) is 216 Å². The van der Waals surface area contributed by atoms with Gasteiger partial charge in [-0.05, 0) is 6.92 Å². The fourth-order valence-electron chi connectivity index (χ4n) is 4.24. The van der Waals surface area contributed by atoms with Crippen LogP contribution in [0.5, 0.6) is 0 Å². The van der Waals surface area contributed by atoms with Crippen LogP contribution in [0.2, 0.25) is 0 Å². The molecule has 0 aromatic heterocycles. The molecule has 30 heavy (non-hydrogen) atoms. The minimum Gasteiger partial charge on any atom is -0.471 e. The van der Waals surface area contributed by atoms with Gasteiger partial charge in [-0.25, -0.2) is 4.79 Å². The third-order valence-electron chi connectivity index (χ3n) is 6.00. The molecule has 2 aliphatic heterocycles. The first-order valence-electron chi connectivity index (χ1n) is 9.14. The molecule has 3 rings (SSSR count). The maximum atomic E-state index is 12.1. The number of aliphatic hydroxyl groups excluding tert-OH is 6. The monoisotopic (exact) mass is 438 g/mol. The van der Waals surface area contributed by atoms with Gasteiger partial charge in [0.25, 0.3) is 0 Å². The lowest BCUT2D eigenvalue weighted by Crippen LogP contribution is -2.63. The molecule has 1 aliphatic carbocycles. The molecule has 11 atom stereocenters. The van der Waals surface area contributed by atoms with E-state index in [1.807, 2.05) is 0 Å². The highest BCUT2D eigenvalue weighted by atomic mass is 16.8. The summed E-state index contributed by atoms with van der Waals surface area (Å²) in [5.41, 5.74) is -5.43. The third kappa shape index (κ3) is 3.22. The van der Waals surface area contributed by atoms with Crippen molar-refractivity contribution in [3.05, 3.63) is 11.8 Å². The molecule has 0 aromatic carbocycles. The Labute approximate surface area is 170 Å². The molecule has 8 N–H and O–H groups in total. The van der Waals surface area contributed by atoms with E-state index in [0.29, 0.717) is 6.26 Å². The maximum absolute atomic E-state index is 12.1. The fourth-order valence-corrected chi connectivity index (χ4v) is 4.24. The molecule has 2 heterocycles. The summed E-state index contributed by atoms with van der Waals surface area (Å²) in [7, 11) is 1.01. The number of aliphatic hydroxyl groups is 8. The average Bonchev–Trinajstić information content (AvgIpc) is 2.85. The van der Waals surface area contributed by atoms with Gasteiger partial charge in [0.2, 0.25) is 6.29 Å². The summed E-state index contributed by atoms with van der Waals surface area (Å²) in [6.45, 7) is 0.335. The van der Waals surface area contributed by atoms with E-state index < -0.39 is 84.5 Å². The Morgan fingerprint density at radius 3 is 2.27 bits per heavy atom. The first-order chi connectivity index (χ1) is 13.9.